The van der Waals surface area contributed by atoms with Gasteiger partial charge in [-0.3, -0.25) is 0 Å². The maximum atomic E-state index is 2.20. The molecule has 0 atom stereocenters. The third-order valence-corrected chi connectivity index (χ3v) is 3.40. The number of aryl methyl sites for hydroxylation is 1. The largest absolute Gasteiger partial charge is 0.377 e. The molecule has 0 bridgehead atoms. The zero-order chi connectivity index (χ0) is 14.0. The van der Waals surface area contributed by atoms with Gasteiger partial charge >= 0.3 is 0 Å². The highest BCUT2D eigenvalue weighted by Crippen LogP contribution is 2.39. The van der Waals surface area contributed by atoms with Crippen LogP contribution in [-0.2, 0) is 0 Å². The van der Waals surface area contributed by atoms with E-state index < -0.39 is 0 Å². The summed E-state index contributed by atoms with van der Waals surface area (Å²) in [5.74, 6) is 0. The number of hydrogen-bond donors (Lipinski definition) is 0. The van der Waals surface area contributed by atoms with E-state index >= 15 is 0 Å². The number of nitrogens with zero attached hydrogens (tertiary/aromatic N) is 2. The Balaban J connectivity index is 2.76. The molecule has 0 amide bonds. The van der Waals surface area contributed by atoms with Gasteiger partial charge in [0.15, 0.2) is 0 Å². The van der Waals surface area contributed by atoms with E-state index in [9.17, 15) is 0 Å². The van der Waals surface area contributed by atoms with Crippen molar-refractivity contribution in [3.8, 4) is 11.1 Å². The monoisotopic (exact) mass is 254 g/mol. The molecule has 2 aromatic carbocycles. The Morgan fingerprint density at radius 2 is 1.21 bits per heavy atom. The Morgan fingerprint density at radius 3 is 1.68 bits per heavy atom. The molecule has 2 heteroatoms. The van der Waals surface area contributed by atoms with Crippen molar-refractivity contribution in [2.24, 2.45) is 0 Å². The highest BCUT2D eigenvalue weighted by molar-refractivity contribution is 5.90. The number of anilines is 2. The van der Waals surface area contributed by atoms with Gasteiger partial charge < -0.3 is 9.80 Å². The second-order valence-electron chi connectivity index (χ2n) is 5.28. The van der Waals surface area contributed by atoms with Crippen LogP contribution in [0.25, 0.3) is 11.1 Å². The first-order chi connectivity index (χ1) is 9.02. The van der Waals surface area contributed by atoms with Gasteiger partial charge in [-0.2, -0.15) is 0 Å². The first-order valence-corrected chi connectivity index (χ1v) is 6.56. The first kappa shape index (κ1) is 13.5. The van der Waals surface area contributed by atoms with Gasteiger partial charge in [0.25, 0.3) is 0 Å². The SMILES string of the molecule is Cc1ccccc1-c1c(N(C)C)cccc1N(C)C. The van der Waals surface area contributed by atoms with Gasteiger partial charge in [-0.25, -0.2) is 0 Å². The van der Waals surface area contributed by atoms with Crippen LogP contribution >= 0.6 is 0 Å². The van der Waals surface area contributed by atoms with Crippen molar-refractivity contribution in [2.75, 3.05) is 38.0 Å². The minimum absolute atomic E-state index is 1.25. The molecule has 2 rings (SSSR count). The lowest BCUT2D eigenvalue weighted by molar-refractivity contribution is 1.10. The van der Waals surface area contributed by atoms with Crippen LogP contribution in [-0.4, -0.2) is 28.2 Å². The number of hydrogen-bond acceptors (Lipinski definition) is 2. The Labute approximate surface area is 116 Å². The van der Waals surface area contributed by atoms with Crippen molar-refractivity contribution in [1.82, 2.24) is 0 Å². The first-order valence-electron chi connectivity index (χ1n) is 6.56. The molecule has 0 fully saturated rings. The molecule has 0 radical (unpaired) electrons. The summed E-state index contributed by atoms with van der Waals surface area (Å²) in [6.45, 7) is 2.17. The maximum absolute atomic E-state index is 2.20. The zero-order valence-electron chi connectivity index (χ0n) is 12.4. The molecule has 0 aliphatic carbocycles. The van der Waals surface area contributed by atoms with E-state index in [4.69, 9.17) is 0 Å². The van der Waals surface area contributed by atoms with Gasteiger partial charge in [0.1, 0.15) is 0 Å². The molecule has 100 valence electrons. The van der Waals surface area contributed by atoms with E-state index in [1.54, 1.807) is 0 Å². The van der Waals surface area contributed by atoms with Crippen LogP contribution in [0.15, 0.2) is 42.5 Å². The molecule has 0 heterocycles. The van der Waals surface area contributed by atoms with Crippen molar-refractivity contribution in [3.05, 3.63) is 48.0 Å². The van der Waals surface area contributed by atoms with Gasteiger partial charge in [-0.1, -0.05) is 30.3 Å². The fourth-order valence-corrected chi connectivity index (χ4v) is 2.40. The van der Waals surface area contributed by atoms with Gasteiger partial charge in [-0.05, 0) is 30.2 Å². The lowest BCUT2D eigenvalue weighted by Gasteiger charge is -2.25. The van der Waals surface area contributed by atoms with Crippen LogP contribution in [0.3, 0.4) is 0 Å². The minimum Gasteiger partial charge on any atom is -0.377 e. The minimum atomic E-state index is 1.25. The van der Waals surface area contributed by atoms with Crippen LogP contribution in [0.4, 0.5) is 11.4 Å². The van der Waals surface area contributed by atoms with Crippen LogP contribution in [0.5, 0.6) is 0 Å². The van der Waals surface area contributed by atoms with Crippen molar-refractivity contribution < 1.29 is 0 Å². The van der Waals surface area contributed by atoms with Crippen LogP contribution in [0.1, 0.15) is 5.56 Å². The maximum Gasteiger partial charge on any atom is 0.0461 e. The summed E-state index contributed by atoms with van der Waals surface area (Å²) in [6.07, 6.45) is 0. The van der Waals surface area contributed by atoms with E-state index in [-0.39, 0.29) is 0 Å². The molecule has 0 aliphatic heterocycles. The summed E-state index contributed by atoms with van der Waals surface area (Å²) in [4.78, 5) is 4.35. The molecule has 2 nitrogen and oxygen atoms in total. The van der Waals surface area contributed by atoms with E-state index in [1.165, 1.54) is 28.1 Å². The molecule has 0 aromatic heterocycles. The number of benzene rings is 2. The number of rotatable bonds is 3. The molecule has 0 unspecified atom stereocenters. The second kappa shape index (κ2) is 5.35. The molecule has 0 aliphatic rings. The summed E-state index contributed by atoms with van der Waals surface area (Å²) in [6, 6.07) is 15.0. The van der Waals surface area contributed by atoms with E-state index in [0.29, 0.717) is 0 Å². The van der Waals surface area contributed by atoms with Crippen LogP contribution in [0, 0.1) is 6.92 Å². The molecular formula is C17H22N2. The summed E-state index contributed by atoms with van der Waals surface area (Å²) < 4.78 is 0. The van der Waals surface area contributed by atoms with Crippen molar-refractivity contribution in [1.29, 1.82) is 0 Å². The van der Waals surface area contributed by atoms with Crippen LogP contribution < -0.4 is 9.80 Å². The molecule has 0 saturated heterocycles. The standard InChI is InChI=1S/C17H22N2/c1-13-9-6-7-10-14(13)17-15(18(2)3)11-8-12-16(17)19(4)5/h6-12H,1-5H3. The van der Waals surface area contributed by atoms with E-state index in [0.717, 1.165) is 0 Å². The lowest BCUT2D eigenvalue weighted by Crippen LogP contribution is -2.15. The van der Waals surface area contributed by atoms with E-state index in [2.05, 4.69) is 87.4 Å². The highest BCUT2D eigenvalue weighted by atomic mass is 15.1. The third kappa shape index (κ3) is 2.58. The topological polar surface area (TPSA) is 6.48 Å². The average Bonchev–Trinajstić information content (AvgIpc) is 2.38. The van der Waals surface area contributed by atoms with E-state index in [1.807, 2.05) is 0 Å². The average molecular weight is 254 g/mol. The third-order valence-electron chi connectivity index (χ3n) is 3.40. The summed E-state index contributed by atoms with van der Waals surface area (Å²) in [5, 5.41) is 0. The molecule has 0 spiro atoms. The summed E-state index contributed by atoms with van der Waals surface area (Å²) in [5.41, 5.74) is 6.41. The zero-order valence-corrected chi connectivity index (χ0v) is 12.4. The molecule has 19 heavy (non-hydrogen) atoms. The van der Waals surface area contributed by atoms with Gasteiger partial charge in [-0.15, -0.1) is 0 Å². The van der Waals surface area contributed by atoms with Gasteiger partial charge in [0.2, 0.25) is 0 Å². The predicted molar refractivity (Wildman–Crippen MR) is 85.3 cm³/mol. The van der Waals surface area contributed by atoms with Crippen molar-refractivity contribution in [3.63, 3.8) is 0 Å². The smallest absolute Gasteiger partial charge is 0.0461 e. The fraction of sp³-hybridized carbons (Fsp3) is 0.294. The normalized spacial score (nSPS) is 10.4. The predicted octanol–water partition coefficient (Wildman–Crippen LogP) is 3.79. The van der Waals surface area contributed by atoms with Gasteiger partial charge in [0.05, 0.1) is 0 Å². The van der Waals surface area contributed by atoms with Crippen LogP contribution in [0.2, 0.25) is 0 Å². The molecule has 2 aromatic rings. The molecular weight excluding hydrogens is 232 g/mol. The van der Waals surface area contributed by atoms with Crippen molar-refractivity contribution in [2.45, 2.75) is 6.92 Å². The summed E-state index contributed by atoms with van der Waals surface area (Å²) in [7, 11) is 8.38. The Bertz CT molecular complexity index is 545. The summed E-state index contributed by atoms with van der Waals surface area (Å²) >= 11 is 0. The Hall–Kier alpha value is -1.96. The molecule has 0 saturated carbocycles. The van der Waals surface area contributed by atoms with Gasteiger partial charge in [0, 0.05) is 45.1 Å². The fourth-order valence-electron chi connectivity index (χ4n) is 2.40. The second-order valence-corrected chi connectivity index (χ2v) is 5.28. The van der Waals surface area contributed by atoms with Crippen molar-refractivity contribution >= 4 is 11.4 Å². The quantitative estimate of drug-likeness (QED) is 0.822. The highest BCUT2D eigenvalue weighted by Gasteiger charge is 2.14. The Kier molecular flexibility index (Phi) is 3.79. The Morgan fingerprint density at radius 1 is 0.684 bits per heavy atom. The lowest BCUT2D eigenvalue weighted by atomic mass is 9.96. The molecule has 0 N–H and O–H groups in total.